The lowest BCUT2D eigenvalue weighted by Crippen LogP contribution is -2.33. The van der Waals surface area contributed by atoms with E-state index in [4.69, 9.17) is 16.3 Å². The highest BCUT2D eigenvalue weighted by Gasteiger charge is 2.18. The molecular weight excluding hydrogens is 252 g/mol. The fourth-order valence-electron chi connectivity index (χ4n) is 1.64. The van der Waals surface area contributed by atoms with E-state index in [1.54, 1.807) is 26.2 Å². The summed E-state index contributed by atoms with van der Waals surface area (Å²) in [5.41, 5.74) is 0.804. The first-order chi connectivity index (χ1) is 8.49. The number of amides is 1. The van der Waals surface area contributed by atoms with Crippen LogP contribution in [0.3, 0.4) is 0 Å². The first-order valence-electron chi connectivity index (χ1n) is 5.84. The Balaban J connectivity index is 2.98. The molecule has 0 aromatic heterocycles. The Labute approximate surface area is 113 Å². The van der Waals surface area contributed by atoms with Crippen LogP contribution < -0.4 is 15.4 Å². The number of rotatable bonds is 5. The van der Waals surface area contributed by atoms with Gasteiger partial charge in [0.25, 0.3) is 0 Å². The van der Waals surface area contributed by atoms with Crippen LogP contribution in [0, 0.1) is 0 Å². The van der Waals surface area contributed by atoms with Crippen molar-refractivity contribution in [2.75, 3.05) is 14.1 Å². The van der Waals surface area contributed by atoms with Crippen LogP contribution in [0.2, 0.25) is 5.02 Å². The van der Waals surface area contributed by atoms with Crippen molar-refractivity contribution < 1.29 is 9.53 Å². The average molecular weight is 271 g/mol. The van der Waals surface area contributed by atoms with Crippen molar-refractivity contribution in [1.82, 2.24) is 10.6 Å². The van der Waals surface area contributed by atoms with Crippen molar-refractivity contribution in [3.05, 3.63) is 28.8 Å². The van der Waals surface area contributed by atoms with Crippen LogP contribution in [0.15, 0.2) is 18.2 Å². The molecule has 0 radical (unpaired) electrons. The number of carbonyl (C=O) groups excluding carboxylic acids is 1. The average Bonchev–Trinajstić information content (AvgIpc) is 2.32. The summed E-state index contributed by atoms with van der Waals surface area (Å²) >= 11 is 6.14. The number of likely N-dealkylation sites (N-methyl/N-ethyl adjacent to an activating group) is 2. The summed E-state index contributed by atoms with van der Waals surface area (Å²) in [7, 11) is 3.33. The lowest BCUT2D eigenvalue weighted by atomic mass is 10.1. The molecule has 1 amide bonds. The van der Waals surface area contributed by atoms with Crippen LogP contribution >= 0.6 is 11.6 Å². The van der Waals surface area contributed by atoms with E-state index >= 15 is 0 Å². The van der Waals surface area contributed by atoms with Crippen LogP contribution in [-0.4, -0.2) is 26.1 Å². The Morgan fingerprint density at radius 2 is 2.00 bits per heavy atom. The van der Waals surface area contributed by atoms with Crippen molar-refractivity contribution in [2.24, 2.45) is 0 Å². The third-order valence-corrected chi connectivity index (χ3v) is 2.74. The molecule has 1 unspecified atom stereocenters. The second kappa shape index (κ2) is 6.61. The molecule has 18 heavy (non-hydrogen) atoms. The summed E-state index contributed by atoms with van der Waals surface area (Å²) in [5, 5.41) is 6.05. The lowest BCUT2D eigenvalue weighted by Gasteiger charge is -2.17. The zero-order valence-corrected chi connectivity index (χ0v) is 11.8. The molecule has 2 N–H and O–H groups in total. The summed E-state index contributed by atoms with van der Waals surface area (Å²) in [6, 6.07) is 4.95. The highest BCUT2D eigenvalue weighted by Crippen LogP contribution is 2.28. The van der Waals surface area contributed by atoms with Crippen molar-refractivity contribution >= 4 is 17.5 Å². The fraction of sp³-hybridized carbons (Fsp3) is 0.462. The molecule has 1 aromatic carbocycles. The summed E-state index contributed by atoms with van der Waals surface area (Å²) < 4.78 is 5.55. The van der Waals surface area contributed by atoms with Gasteiger partial charge in [-0.2, -0.15) is 0 Å². The molecule has 0 aliphatic carbocycles. The fourth-order valence-corrected chi connectivity index (χ4v) is 1.87. The molecule has 0 heterocycles. The van der Waals surface area contributed by atoms with E-state index in [1.807, 2.05) is 19.9 Å². The van der Waals surface area contributed by atoms with Crippen molar-refractivity contribution in [1.29, 1.82) is 0 Å². The Morgan fingerprint density at radius 3 is 2.44 bits per heavy atom. The summed E-state index contributed by atoms with van der Waals surface area (Å²) in [4.78, 5) is 11.7. The number of benzene rings is 1. The summed E-state index contributed by atoms with van der Waals surface area (Å²) in [6.07, 6.45) is 0.0624. The number of halogens is 1. The van der Waals surface area contributed by atoms with Gasteiger partial charge in [0.1, 0.15) is 11.8 Å². The third kappa shape index (κ3) is 3.62. The van der Waals surface area contributed by atoms with Crippen LogP contribution in [0.1, 0.15) is 25.5 Å². The molecule has 5 heteroatoms. The highest BCUT2D eigenvalue weighted by molar-refractivity contribution is 6.32. The van der Waals surface area contributed by atoms with Crippen molar-refractivity contribution in [2.45, 2.75) is 26.0 Å². The largest absolute Gasteiger partial charge is 0.489 e. The van der Waals surface area contributed by atoms with E-state index in [2.05, 4.69) is 10.6 Å². The molecule has 0 aliphatic rings. The van der Waals surface area contributed by atoms with Gasteiger partial charge in [0.05, 0.1) is 11.1 Å². The van der Waals surface area contributed by atoms with Crippen molar-refractivity contribution in [3.8, 4) is 5.75 Å². The first kappa shape index (κ1) is 14.8. The van der Waals surface area contributed by atoms with Gasteiger partial charge in [0, 0.05) is 7.05 Å². The molecule has 0 spiro atoms. The second-order valence-electron chi connectivity index (χ2n) is 4.19. The Hall–Kier alpha value is -1.26. The SMILES string of the molecule is CNC(=O)C(NC)c1ccc(OC(C)C)c(Cl)c1. The third-order valence-electron chi connectivity index (χ3n) is 2.45. The van der Waals surface area contributed by atoms with Gasteiger partial charge in [-0.3, -0.25) is 4.79 Å². The maximum Gasteiger partial charge on any atom is 0.241 e. The van der Waals surface area contributed by atoms with E-state index < -0.39 is 6.04 Å². The van der Waals surface area contributed by atoms with Crippen LogP contribution in [0.4, 0.5) is 0 Å². The molecule has 0 aliphatic heterocycles. The predicted octanol–water partition coefficient (Wildman–Crippen LogP) is 2.13. The standard InChI is InChI=1S/C13H19ClN2O2/c1-8(2)18-11-6-5-9(7-10(11)14)12(15-3)13(17)16-4/h5-8,12,15H,1-4H3,(H,16,17). The van der Waals surface area contributed by atoms with Gasteiger partial charge in [-0.15, -0.1) is 0 Å². The molecule has 0 saturated heterocycles. The molecule has 0 fully saturated rings. The summed E-state index contributed by atoms with van der Waals surface area (Å²) in [6.45, 7) is 3.87. The monoisotopic (exact) mass is 270 g/mol. The second-order valence-corrected chi connectivity index (χ2v) is 4.60. The smallest absolute Gasteiger partial charge is 0.241 e. The minimum atomic E-state index is -0.416. The number of hydrogen-bond donors (Lipinski definition) is 2. The van der Waals surface area contributed by atoms with Gasteiger partial charge in [0.15, 0.2) is 0 Å². The van der Waals surface area contributed by atoms with Gasteiger partial charge in [-0.1, -0.05) is 17.7 Å². The molecule has 0 saturated carbocycles. The minimum absolute atomic E-state index is 0.0624. The van der Waals surface area contributed by atoms with E-state index in [1.165, 1.54) is 0 Å². The topological polar surface area (TPSA) is 50.4 Å². The predicted molar refractivity (Wildman–Crippen MR) is 73.1 cm³/mol. The van der Waals surface area contributed by atoms with Gasteiger partial charge in [-0.25, -0.2) is 0 Å². The zero-order valence-electron chi connectivity index (χ0n) is 11.1. The lowest BCUT2D eigenvalue weighted by molar-refractivity contribution is -0.122. The van der Waals surface area contributed by atoms with Crippen LogP contribution in [0.25, 0.3) is 0 Å². The molecule has 1 atom stereocenters. The normalized spacial score (nSPS) is 12.3. The maximum absolute atomic E-state index is 11.7. The Bertz CT molecular complexity index is 421. The first-order valence-corrected chi connectivity index (χ1v) is 6.22. The van der Waals surface area contributed by atoms with E-state index in [0.717, 1.165) is 5.56 Å². The quantitative estimate of drug-likeness (QED) is 0.862. The number of carbonyl (C=O) groups is 1. The van der Waals surface area contributed by atoms with Crippen LogP contribution in [0.5, 0.6) is 5.75 Å². The Kier molecular flexibility index (Phi) is 5.44. The highest BCUT2D eigenvalue weighted by atomic mass is 35.5. The molecule has 1 rings (SSSR count). The summed E-state index contributed by atoms with van der Waals surface area (Å²) in [5.74, 6) is 0.522. The molecule has 4 nitrogen and oxygen atoms in total. The van der Waals surface area contributed by atoms with Gasteiger partial charge >= 0.3 is 0 Å². The minimum Gasteiger partial charge on any atom is -0.489 e. The van der Waals surface area contributed by atoms with E-state index in [9.17, 15) is 4.79 Å². The van der Waals surface area contributed by atoms with E-state index in [0.29, 0.717) is 10.8 Å². The molecule has 1 aromatic rings. The number of ether oxygens (including phenoxy) is 1. The Morgan fingerprint density at radius 1 is 1.33 bits per heavy atom. The van der Waals surface area contributed by atoms with Crippen LogP contribution in [-0.2, 0) is 4.79 Å². The number of nitrogens with one attached hydrogen (secondary N) is 2. The number of hydrogen-bond acceptors (Lipinski definition) is 3. The van der Waals surface area contributed by atoms with Gasteiger partial charge in [0.2, 0.25) is 5.91 Å². The maximum atomic E-state index is 11.7. The van der Waals surface area contributed by atoms with Crippen molar-refractivity contribution in [3.63, 3.8) is 0 Å². The van der Waals surface area contributed by atoms with Gasteiger partial charge < -0.3 is 15.4 Å². The zero-order chi connectivity index (χ0) is 13.7. The molecule has 100 valence electrons. The van der Waals surface area contributed by atoms with E-state index in [-0.39, 0.29) is 12.0 Å². The molecule has 0 bridgehead atoms. The van der Waals surface area contributed by atoms with Gasteiger partial charge in [-0.05, 0) is 38.6 Å². The molecular formula is C13H19ClN2O2.